The van der Waals surface area contributed by atoms with E-state index in [-0.39, 0.29) is 11.6 Å². The van der Waals surface area contributed by atoms with E-state index < -0.39 is 0 Å². The van der Waals surface area contributed by atoms with Crippen LogP contribution in [0, 0.1) is 5.82 Å². The van der Waals surface area contributed by atoms with Crippen molar-refractivity contribution in [3.8, 4) is 0 Å². The Labute approximate surface area is 121 Å². The minimum absolute atomic E-state index is 0.222. The lowest BCUT2D eigenvalue weighted by atomic mass is 9.97. The molecule has 0 amide bonds. The zero-order valence-corrected chi connectivity index (χ0v) is 12.5. The SMILES string of the molecule is O=C(CCC1CCCCN1)Cc1ccc(F)cc1Br. The molecule has 0 aliphatic carbocycles. The number of carbonyl (C=O) groups is 1. The highest BCUT2D eigenvalue weighted by atomic mass is 79.9. The number of hydrogen-bond donors (Lipinski definition) is 1. The fourth-order valence-corrected chi connectivity index (χ4v) is 2.96. The molecule has 2 nitrogen and oxygen atoms in total. The van der Waals surface area contributed by atoms with Gasteiger partial charge in [0.1, 0.15) is 11.6 Å². The lowest BCUT2D eigenvalue weighted by molar-refractivity contribution is -0.118. The molecule has 0 bridgehead atoms. The lowest BCUT2D eigenvalue weighted by Gasteiger charge is -2.23. The number of hydrogen-bond acceptors (Lipinski definition) is 2. The number of halogens is 2. The van der Waals surface area contributed by atoms with Gasteiger partial charge in [-0.2, -0.15) is 0 Å². The number of Topliss-reactive ketones (excluding diaryl/α,β-unsaturated/α-hetero) is 1. The number of ketones is 1. The molecule has 2 rings (SSSR count). The summed E-state index contributed by atoms with van der Waals surface area (Å²) in [6, 6.07) is 4.98. The highest BCUT2D eigenvalue weighted by molar-refractivity contribution is 9.10. The summed E-state index contributed by atoms with van der Waals surface area (Å²) < 4.78 is 13.6. The van der Waals surface area contributed by atoms with E-state index in [1.807, 2.05) is 0 Å². The maximum Gasteiger partial charge on any atom is 0.137 e. The predicted octanol–water partition coefficient (Wildman–Crippen LogP) is 3.62. The van der Waals surface area contributed by atoms with Crippen LogP contribution in [-0.4, -0.2) is 18.4 Å². The minimum atomic E-state index is -0.283. The Kier molecular flexibility index (Phi) is 5.52. The molecule has 1 fully saturated rings. The van der Waals surface area contributed by atoms with Crippen molar-refractivity contribution in [1.29, 1.82) is 0 Å². The highest BCUT2D eigenvalue weighted by Gasteiger charge is 2.14. The first-order valence-corrected chi connectivity index (χ1v) is 7.63. The Morgan fingerprint density at radius 2 is 2.26 bits per heavy atom. The van der Waals surface area contributed by atoms with E-state index in [1.165, 1.54) is 31.4 Å². The summed E-state index contributed by atoms with van der Waals surface area (Å²) in [5, 5.41) is 3.45. The molecule has 104 valence electrons. The second kappa shape index (κ2) is 7.15. The summed E-state index contributed by atoms with van der Waals surface area (Å²) in [5.74, 6) is -0.0610. The maximum absolute atomic E-state index is 13.0. The van der Waals surface area contributed by atoms with Crippen LogP contribution in [0.1, 0.15) is 37.7 Å². The summed E-state index contributed by atoms with van der Waals surface area (Å²) >= 11 is 3.30. The van der Waals surface area contributed by atoms with Gasteiger partial charge in [-0.15, -0.1) is 0 Å². The van der Waals surface area contributed by atoms with Gasteiger partial charge in [0, 0.05) is 23.4 Å². The molecule has 1 unspecified atom stereocenters. The molecule has 1 aromatic rings. The van der Waals surface area contributed by atoms with Crippen LogP contribution in [0.5, 0.6) is 0 Å². The number of piperidine rings is 1. The molecule has 1 aliphatic heterocycles. The van der Waals surface area contributed by atoms with Crippen LogP contribution in [-0.2, 0) is 11.2 Å². The van der Waals surface area contributed by atoms with E-state index in [2.05, 4.69) is 21.2 Å². The van der Waals surface area contributed by atoms with Gasteiger partial charge in [0.25, 0.3) is 0 Å². The molecule has 4 heteroatoms. The van der Waals surface area contributed by atoms with Gasteiger partial charge in [-0.1, -0.05) is 28.4 Å². The largest absolute Gasteiger partial charge is 0.314 e. The Hall–Kier alpha value is -0.740. The van der Waals surface area contributed by atoms with Crippen molar-refractivity contribution in [3.63, 3.8) is 0 Å². The van der Waals surface area contributed by atoms with Crippen molar-refractivity contribution < 1.29 is 9.18 Å². The average Bonchev–Trinajstić information content (AvgIpc) is 2.41. The molecular formula is C15H19BrFNO. The third kappa shape index (κ3) is 4.69. The first-order chi connectivity index (χ1) is 9.15. The van der Waals surface area contributed by atoms with Crippen LogP contribution in [0.25, 0.3) is 0 Å². The van der Waals surface area contributed by atoms with E-state index in [0.29, 0.717) is 23.4 Å². The summed E-state index contributed by atoms with van der Waals surface area (Å²) in [7, 11) is 0. The van der Waals surface area contributed by atoms with Crippen molar-refractivity contribution in [2.75, 3.05) is 6.54 Å². The van der Waals surface area contributed by atoms with Crippen LogP contribution >= 0.6 is 15.9 Å². The van der Waals surface area contributed by atoms with Crippen LogP contribution in [0.15, 0.2) is 22.7 Å². The molecule has 1 heterocycles. The maximum atomic E-state index is 13.0. The van der Waals surface area contributed by atoms with Gasteiger partial charge < -0.3 is 5.32 Å². The molecule has 0 spiro atoms. The van der Waals surface area contributed by atoms with Crippen LogP contribution in [0.4, 0.5) is 4.39 Å². The molecule has 1 N–H and O–H groups in total. The van der Waals surface area contributed by atoms with Gasteiger partial charge in [-0.3, -0.25) is 4.79 Å². The first kappa shape index (κ1) is 14.7. The molecule has 1 saturated heterocycles. The predicted molar refractivity (Wildman–Crippen MR) is 77.7 cm³/mol. The Morgan fingerprint density at radius 3 is 2.95 bits per heavy atom. The van der Waals surface area contributed by atoms with Crippen molar-refractivity contribution in [2.45, 2.75) is 44.6 Å². The van der Waals surface area contributed by atoms with Crippen molar-refractivity contribution in [3.05, 3.63) is 34.1 Å². The third-order valence-corrected chi connectivity index (χ3v) is 4.32. The lowest BCUT2D eigenvalue weighted by Crippen LogP contribution is -2.34. The molecule has 1 aromatic carbocycles. The van der Waals surface area contributed by atoms with Crippen LogP contribution < -0.4 is 5.32 Å². The third-order valence-electron chi connectivity index (χ3n) is 3.59. The van der Waals surface area contributed by atoms with Gasteiger partial charge in [0.2, 0.25) is 0 Å². The van der Waals surface area contributed by atoms with Gasteiger partial charge in [0.05, 0.1) is 0 Å². The summed E-state index contributed by atoms with van der Waals surface area (Å²) in [5.41, 5.74) is 0.864. The fraction of sp³-hybridized carbons (Fsp3) is 0.533. The number of benzene rings is 1. The van der Waals surface area contributed by atoms with Gasteiger partial charge in [-0.25, -0.2) is 4.39 Å². The highest BCUT2D eigenvalue weighted by Crippen LogP contribution is 2.20. The van der Waals surface area contributed by atoms with Crippen LogP contribution in [0.3, 0.4) is 0 Å². The fourth-order valence-electron chi connectivity index (χ4n) is 2.47. The zero-order valence-electron chi connectivity index (χ0n) is 10.9. The Balaban J connectivity index is 1.80. The second-order valence-corrected chi connectivity index (χ2v) is 5.99. The van der Waals surface area contributed by atoms with Crippen LogP contribution in [0.2, 0.25) is 0 Å². The second-order valence-electron chi connectivity index (χ2n) is 5.14. The quantitative estimate of drug-likeness (QED) is 0.894. The zero-order chi connectivity index (χ0) is 13.7. The van der Waals surface area contributed by atoms with E-state index in [1.54, 1.807) is 6.07 Å². The molecule has 0 aromatic heterocycles. The van der Waals surface area contributed by atoms with Crippen molar-refractivity contribution in [1.82, 2.24) is 5.32 Å². The topological polar surface area (TPSA) is 29.1 Å². The molecule has 0 radical (unpaired) electrons. The van der Waals surface area contributed by atoms with Gasteiger partial charge >= 0.3 is 0 Å². The summed E-state index contributed by atoms with van der Waals surface area (Å²) in [6.07, 6.45) is 5.57. The number of carbonyl (C=O) groups excluding carboxylic acids is 1. The monoisotopic (exact) mass is 327 g/mol. The van der Waals surface area contributed by atoms with E-state index in [0.717, 1.165) is 18.5 Å². The smallest absolute Gasteiger partial charge is 0.137 e. The summed E-state index contributed by atoms with van der Waals surface area (Å²) in [6.45, 7) is 1.07. The molecule has 0 saturated carbocycles. The number of rotatable bonds is 5. The standard InChI is InChI=1S/C15H19BrFNO/c16-15-10-12(17)5-4-11(15)9-14(19)7-6-13-3-1-2-8-18-13/h4-5,10,13,18H,1-3,6-9H2. The van der Waals surface area contributed by atoms with Gasteiger partial charge in [0.15, 0.2) is 0 Å². The van der Waals surface area contributed by atoms with Crippen molar-refractivity contribution >= 4 is 21.7 Å². The Morgan fingerprint density at radius 1 is 1.42 bits per heavy atom. The first-order valence-electron chi connectivity index (χ1n) is 6.84. The molecule has 1 aliphatic rings. The Bertz CT molecular complexity index is 444. The molecule has 19 heavy (non-hydrogen) atoms. The van der Waals surface area contributed by atoms with E-state index in [9.17, 15) is 9.18 Å². The molecular weight excluding hydrogens is 309 g/mol. The average molecular weight is 328 g/mol. The molecule has 1 atom stereocenters. The van der Waals surface area contributed by atoms with Crippen molar-refractivity contribution in [2.24, 2.45) is 0 Å². The number of nitrogens with one attached hydrogen (secondary N) is 1. The van der Waals surface area contributed by atoms with Gasteiger partial charge in [-0.05, 0) is 43.5 Å². The minimum Gasteiger partial charge on any atom is -0.314 e. The summed E-state index contributed by atoms with van der Waals surface area (Å²) in [4.78, 5) is 11.9. The van der Waals surface area contributed by atoms with E-state index in [4.69, 9.17) is 0 Å². The van der Waals surface area contributed by atoms with E-state index >= 15 is 0 Å². The normalized spacial score (nSPS) is 19.4.